The topological polar surface area (TPSA) is 51.8 Å². The van der Waals surface area contributed by atoms with Crippen molar-refractivity contribution in [2.45, 2.75) is 0 Å². The molecule has 2 heterocycles. The Hall–Kier alpha value is -5.68. The van der Waals surface area contributed by atoms with Gasteiger partial charge in [0.1, 0.15) is 129 Å². The number of furan rings is 1. The fourth-order valence-corrected chi connectivity index (χ4v) is 10.6. The molecule has 4 nitrogen and oxygen atoms in total. The van der Waals surface area contributed by atoms with Crippen LogP contribution in [0.1, 0.15) is 0 Å². The van der Waals surface area contributed by atoms with E-state index in [0.717, 1.165) is 44.3 Å². The summed E-state index contributed by atoms with van der Waals surface area (Å²) in [6, 6.07) is 29.2. The van der Waals surface area contributed by atoms with E-state index in [1.165, 1.54) is 110 Å². The third kappa shape index (κ3) is 6.71. The molecule has 0 bridgehead atoms. The van der Waals surface area contributed by atoms with Gasteiger partial charge in [0.25, 0.3) is 0 Å². The Bertz CT molecular complexity index is 3380. The quantitative estimate of drug-likeness (QED) is 0.157. The van der Waals surface area contributed by atoms with E-state index in [0.29, 0.717) is 17.5 Å². The zero-order chi connectivity index (χ0) is 45.6. The highest BCUT2D eigenvalue weighted by Gasteiger charge is 2.28. The molecule has 0 N–H and O–H groups in total. The molecule has 9 rings (SSSR count). The van der Waals surface area contributed by atoms with E-state index < -0.39 is 0 Å². The summed E-state index contributed by atoms with van der Waals surface area (Å²) >= 11 is 0. The molecule has 0 atom stereocenters. The van der Waals surface area contributed by atoms with Crippen LogP contribution >= 0.6 is 0 Å². The van der Waals surface area contributed by atoms with Gasteiger partial charge in [-0.2, -0.15) is 0 Å². The first-order chi connectivity index (χ1) is 30.5. The van der Waals surface area contributed by atoms with E-state index >= 15 is 0 Å². The van der Waals surface area contributed by atoms with Crippen LogP contribution in [-0.4, -0.2) is 133 Å². The van der Waals surface area contributed by atoms with Crippen LogP contribution in [0.4, 0.5) is 0 Å². The fraction of sp³-hybridized carbons (Fsp3) is 0. The minimum absolute atomic E-state index is 0.654. The van der Waals surface area contributed by atoms with Gasteiger partial charge in [-0.05, 0) is 38.8 Å². The lowest BCUT2D eigenvalue weighted by molar-refractivity contribution is 0.675. The smallest absolute Gasteiger partial charge is 0.164 e. The molecule has 0 spiro atoms. The van der Waals surface area contributed by atoms with Gasteiger partial charge in [0.2, 0.25) is 0 Å². The van der Waals surface area contributed by atoms with Gasteiger partial charge in [0.05, 0.1) is 0 Å². The molecule has 0 aliphatic heterocycles. The van der Waals surface area contributed by atoms with Crippen molar-refractivity contribution in [3.05, 3.63) is 84.9 Å². The number of hydrogen-bond donors (Lipinski definition) is 0. The lowest BCUT2D eigenvalue weighted by Crippen LogP contribution is -2.56. The normalized spacial score (nSPS) is 11.4. The monoisotopic (exact) mass is 807 g/mol. The summed E-state index contributed by atoms with van der Waals surface area (Å²) in [6.07, 6.45) is 0. The Morgan fingerprint density at radius 2 is 0.562 bits per heavy atom. The van der Waals surface area contributed by atoms with Crippen LogP contribution in [0.5, 0.6) is 0 Å². The first kappa shape index (κ1) is 43.6. The van der Waals surface area contributed by atoms with Gasteiger partial charge in [-0.15, -0.1) is 16.4 Å². The van der Waals surface area contributed by atoms with E-state index in [2.05, 4.69) is 178 Å². The third-order valence-electron chi connectivity index (χ3n) is 15.2. The molecule has 0 saturated heterocycles. The van der Waals surface area contributed by atoms with Crippen molar-refractivity contribution >= 4 is 222 Å². The van der Waals surface area contributed by atoms with Crippen LogP contribution in [0.15, 0.2) is 89.3 Å². The predicted molar refractivity (Wildman–Crippen MR) is 322 cm³/mol. The van der Waals surface area contributed by atoms with Crippen molar-refractivity contribution in [1.82, 2.24) is 15.0 Å². The molecular formula is C45H44B15N3O. The van der Waals surface area contributed by atoms with Crippen LogP contribution in [0.25, 0.3) is 89.5 Å². The number of hydrogen-bond acceptors (Lipinski definition) is 4. The van der Waals surface area contributed by atoms with Gasteiger partial charge in [0.15, 0.2) is 17.5 Å². The lowest BCUT2D eigenvalue weighted by atomic mass is 9.57. The van der Waals surface area contributed by atoms with Crippen LogP contribution in [0, 0.1) is 0 Å². The van der Waals surface area contributed by atoms with Crippen molar-refractivity contribution in [2.75, 3.05) is 0 Å². The Morgan fingerprint density at radius 1 is 0.250 bits per heavy atom. The predicted octanol–water partition coefficient (Wildman–Crippen LogP) is -14.4. The van der Waals surface area contributed by atoms with E-state index in [1.807, 2.05) is 24.3 Å². The van der Waals surface area contributed by atoms with E-state index in [4.69, 9.17) is 19.4 Å². The van der Waals surface area contributed by atoms with Gasteiger partial charge >= 0.3 is 0 Å². The molecule has 64 heavy (non-hydrogen) atoms. The van der Waals surface area contributed by atoms with Crippen LogP contribution in [0.2, 0.25) is 0 Å². The number of aromatic nitrogens is 3. The number of benzene rings is 7. The Morgan fingerprint density at radius 3 is 1.09 bits per heavy atom. The first-order valence-corrected chi connectivity index (χ1v) is 22.6. The zero-order valence-corrected chi connectivity index (χ0v) is 40.3. The fourth-order valence-electron chi connectivity index (χ4n) is 10.6. The summed E-state index contributed by atoms with van der Waals surface area (Å²) in [5.74, 6) is 1.99. The van der Waals surface area contributed by atoms with E-state index in [1.54, 1.807) is 0 Å². The molecule has 7 aromatic carbocycles. The maximum atomic E-state index is 7.14. The van der Waals surface area contributed by atoms with E-state index in [-0.39, 0.29) is 0 Å². The molecule has 0 saturated carbocycles. The first-order valence-electron chi connectivity index (χ1n) is 22.6. The summed E-state index contributed by atoms with van der Waals surface area (Å²) in [6.45, 7) is 0. The highest BCUT2D eigenvalue weighted by molar-refractivity contribution is 6.72. The lowest BCUT2D eigenvalue weighted by Gasteiger charge is -2.25. The van der Waals surface area contributed by atoms with Crippen molar-refractivity contribution < 1.29 is 4.42 Å². The zero-order valence-electron chi connectivity index (χ0n) is 40.3. The molecule has 9 aromatic rings. The number of nitrogens with zero attached hydrogens (tertiary/aromatic N) is 3. The molecule has 2 aromatic heterocycles. The molecular weight excluding hydrogens is 761 g/mol. The van der Waals surface area contributed by atoms with Gasteiger partial charge in [-0.25, -0.2) is 15.0 Å². The molecule has 19 heteroatoms. The minimum atomic E-state index is 0.654. The molecule has 0 unspecified atom stereocenters. The van der Waals surface area contributed by atoms with Crippen molar-refractivity contribution in [2.24, 2.45) is 0 Å². The highest BCUT2D eigenvalue weighted by Crippen LogP contribution is 2.29. The van der Waals surface area contributed by atoms with Crippen LogP contribution < -0.4 is 81.9 Å². The SMILES string of the molecule is Bc1c(B)c(B)c(-c2c(B)c(B)c3oc4c(B)c(-c5c(B)c(B)c(-c6nc(-c7ccccc7)nc(-c7ccc(-c8ccccc8)cc7)n6)c(B)c5B)c(B)c(B)c4c3c2B)c(B)c1B. The highest BCUT2D eigenvalue weighted by atomic mass is 16.3. The Balaban J connectivity index is 1.24. The molecule has 290 valence electrons. The van der Waals surface area contributed by atoms with Gasteiger partial charge in [-0.1, -0.05) is 145 Å². The Labute approximate surface area is 391 Å². The standard InChI is InChI=1S/C45H44B15N3O/c46-26-19(20-30(50)37(57)39(59)38(58)31(20)51)32(52)40(60)42-23(26)24-33(53)29(49)22(36(56)41(24)64-42)21-27(47)34(54)25(35(55)28(21)48)45-62-43(17-9-5-2-6-10-17)61-44(63-45)18-13-11-16(12-14-18)15-7-3-1-4-8-15/h1-14H,46-60H2. The van der Waals surface area contributed by atoms with Gasteiger partial charge in [-0.3, -0.25) is 0 Å². The van der Waals surface area contributed by atoms with E-state index in [9.17, 15) is 0 Å². The molecule has 0 fully saturated rings. The van der Waals surface area contributed by atoms with Crippen LogP contribution in [0.3, 0.4) is 0 Å². The second-order valence-corrected chi connectivity index (χ2v) is 18.4. The minimum Gasteiger partial charge on any atom is -0.457 e. The molecule has 0 radical (unpaired) electrons. The summed E-state index contributed by atoms with van der Waals surface area (Å²) < 4.78 is 7.14. The molecule has 0 aliphatic rings. The maximum Gasteiger partial charge on any atom is 0.164 e. The summed E-state index contributed by atoms with van der Waals surface area (Å²) in [5.41, 5.74) is 31.7. The summed E-state index contributed by atoms with van der Waals surface area (Å²) in [4.78, 5) is 15.6. The van der Waals surface area contributed by atoms with Crippen molar-refractivity contribution in [1.29, 1.82) is 0 Å². The summed E-state index contributed by atoms with van der Waals surface area (Å²) in [5, 5.41) is 2.47. The average Bonchev–Trinajstić information content (AvgIpc) is 3.73. The second kappa shape index (κ2) is 16.4. The maximum absolute atomic E-state index is 7.14. The van der Waals surface area contributed by atoms with Crippen molar-refractivity contribution in [3.8, 4) is 67.5 Å². The average molecular weight is 805 g/mol. The second-order valence-electron chi connectivity index (χ2n) is 18.4. The number of rotatable bonds is 6. The molecule has 0 amide bonds. The van der Waals surface area contributed by atoms with Crippen molar-refractivity contribution in [3.63, 3.8) is 0 Å². The van der Waals surface area contributed by atoms with Gasteiger partial charge in [0, 0.05) is 27.5 Å². The van der Waals surface area contributed by atoms with Crippen LogP contribution in [-0.2, 0) is 0 Å². The summed E-state index contributed by atoms with van der Waals surface area (Å²) in [7, 11) is 34.1. The molecule has 0 aliphatic carbocycles. The third-order valence-corrected chi connectivity index (χ3v) is 15.2. The number of fused-ring (bicyclic) bond motifs is 3. The largest absolute Gasteiger partial charge is 0.457 e. The Kier molecular flexibility index (Phi) is 11.2. The van der Waals surface area contributed by atoms with Gasteiger partial charge < -0.3 is 4.42 Å².